The second-order valence-corrected chi connectivity index (χ2v) is 5.53. The molecule has 0 radical (unpaired) electrons. The van der Waals surface area contributed by atoms with E-state index in [0.717, 1.165) is 11.1 Å². The molecular formula is C18H18N6O. The number of azo groups is 1. The van der Waals surface area contributed by atoms with E-state index in [1.165, 1.54) is 0 Å². The summed E-state index contributed by atoms with van der Waals surface area (Å²) < 4.78 is 0. The number of aromatic amines is 1. The Morgan fingerprint density at radius 3 is 2.68 bits per heavy atom. The Kier molecular flexibility index (Phi) is 4.84. The summed E-state index contributed by atoms with van der Waals surface area (Å²) in [7, 11) is 0. The van der Waals surface area contributed by atoms with Gasteiger partial charge in [-0.3, -0.25) is 9.78 Å². The van der Waals surface area contributed by atoms with Crippen LogP contribution in [0.3, 0.4) is 0 Å². The lowest BCUT2D eigenvalue weighted by atomic mass is 10.1. The van der Waals surface area contributed by atoms with E-state index in [-0.39, 0.29) is 11.6 Å². The zero-order valence-electron chi connectivity index (χ0n) is 13.7. The van der Waals surface area contributed by atoms with Crippen LogP contribution >= 0.6 is 0 Å². The number of nitrogens with two attached hydrogens (primary N) is 1. The summed E-state index contributed by atoms with van der Waals surface area (Å²) in [5, 5.41) is 11.2. The second kappa shape index (κ2) is 7.39. The third kappa shape index (κ3) is 4.29. The van der Waals surface area contributed by atoms with E-state index in [1.807, 2.05) is 43.3 Å². The molecule has 0 spiro atoms. The average molecular weight is 334 g/mol. The molecule has 126 valence electrons. The molecule has 3 aromatic rings. The summed E-state index contributed by atoms with van der Waals surface area (Å²) in [6, 6.07) is 17.2. The van der Waals surface area contributed by atoms with Crippen molar-refractivity contribution < 1.29 is 0 Å². The third-order valence-corrected chi connectivity index (χ3v) is 3.48. The van der Waals surface area contributed by atoms with Gasteiger partial charge in [0.25, 0.3) is 5.56 Å². The number of aromatic nitrogens is 2. The van der Waals surface area contributed by atoms with E-state index >= 15 is 0 Å². The maximum Gasteiger partial charge on any atom is 0.282 e. The molecular weight excluding hydrogens is 316 g/mol. The van der Waals surface area contributed by atoms with E-state index in [2.05, 4.69) is 31.6 Å². The molecule has 1 aromatic heterocycles. The van der Waals surface area contributed by atoms with Crippen LogP contribution in [0.2, 0.25) is 0 Å². The van der Waals surface area contributed by atoms with Gasteiger partial charge in [0.1, 0.15) is 0 Å². The maximum absolute atomic E-state index is 12.2. The van der Waals surface area contributed by atoms with E-state index in [9.17, 15) is 4.79 Å². The SMILES string of the molecule is Cc1cccc(CNc2nc(N)[nH]c(=O)c2N=Nc2ccccc2)c1. The normalized spacial score (nSPS) is 10.9. The van der Waals surface area contributed by atoms with Crippen LogP contribution in [0.1, 0.15) is 11.1 Å². The first-order valence-corrected chi connectivity index (χ1v) is 7.78. The van der Waals surface area contributed by atoms with Crippen molar-refractivity contribution in [3.8, 4) is 0 Å². The molecule has 7 nitrogen and oxygen atoms in total. The van der Waals surface area contributed by atoms with Crippen LogP contribution in [0.15, 0.2) is 69.6 Å². The molecule has 0 saturated heterocycles. The van der Waals surface area contributed by atoms with Gasteiger partial charge in [-0.15, -0.1) is 5.11 Å². The zero-order valence-corrected chi connectivity index (χ0v) is 13.7. The number of benzene rings is 2. The summed E-state index contributed by atoms with van der Waals surface area (Å²) in [5.41, 5.74) is 8.15. The highest BCUT2D eigenvalue weighted by atomic mass is 16.1. The minimum absolute atomic E-state index is 0.0235. The van der Waals surface area contributed by atoms with Crippen LogP contribution in [-0.2, 0) is 6.54 Å². The predicted octanol–water partition coefficient (Wildman–Crippen LogP) is 3.69. The van der Waals surface area contributed by atoms with Gasteiger partial charge in [0.2, 0.25) is 5.95 Å². The fourth-order valence-corrected chi connectivity index (χ4v) is 2.31. The van der Waals surface area contributed by atoms with Crippen LogP contribution in [0.4, 0.5) is 23.1 Å². The average Bonchev–Trinajstić information content (AvgIpc) is 2.60. The fraction of sp³-hybridized carbons (Fsp3) is 0.111. The van der Waals surface area contributed by atoms with Crippen LogP contribution in [-0.4, -0.2) is 9.97 Å². The lowest BCUT2D eigenvalue weighted by molar-refractivity contribution is 1.05. The molecule has 1 heterocycles. The summed E-state index contributed by atoms with van der Waals surface area (Å²) >= 11 is 0. The van der Waals surface area contributed by atoms with Crippen LogP contribution in [0.5, 0.6) is 0 Å². The number of nitrogens with one attached hydrogen (secondary N) is 2. The van der Waals surface area contributed by atoms with E-state index in [4.69, 9.17) is 5.73 Å². The van der Waals surface area contributed by atoms with Crippen LogP contribution in [0.25, 0.3) is 0 Å². The highest BCUT2D eigenvalue weighted by Gasteiger charge is 2.10. The molecule has 3 rings (SSSR count). The summed E-state index contributed by atoms with van der Waals surface area (Å²) in [6.07, 6.45) is 0. The highest BCUT2D eigenvalue weighted by Crippen LogP contribution is 2.22. The maximum atomic E-state index is 12.2. The van der Waals surface area contributed by atoms with Gasteiger partial charge in [-0.1, -0.05) is 48.0 Å². The molecule has 0 saturated carbocycles. The highest BCUT2D eigenvalue weighted by molar-refractivity contribution is 5.60. The largest absolute Gasteiger partial charge is 0.369 e. The van der Waals surface area contributed by atoms with Crippen molar-refractivity contribution in [2.75, 3.05) is 11.1 Å². The van der Waals surface area contributed by atoms with Gasteiger partial charge >= 0.3 is 0 Å². The van der Waals surface area contributed by atoms with Gasteiger partial charge in [0, 0.05) is 6.54 Å². The first kappa shape index (κ1) is 16.4. The number of aryl methyl sites for hydroxylation is 1. The molecule has 4 N–H and O–H groups in total. The van der Waals surface area contributed by atoms with Crippen molar-refractivity contribution in [3.63, 3.8) is 0 Å². The van der Waals surface area contributed by atoms with Crippen molar-refractivity contribution >= 4 is 23.1 Å². The van der Waals surface area contributed by atoms with E-state index < -0.39 is 5.56 Å². The Balaban J connectivity index is 1.87. The number of H-pyrrole nitrogens is 1. The topological polar surface area (TPSA) is 109 Å². The molecule has 0 bridgehead atoms. The standard InChI is InChI=1S/C18H18N6O/c1-12-6-5-7-13(10-12)11-20-16-15(17(25)22-18(19)21-16)24-23-14-8-3-2-4-9-14/h2-10H,11H2,1H3,(H4,19,20,21,22,25). The van der Waals surface area contributed by atoms with Crippen LogP contribution < -0.4 is 16.6 Å². The van der Waals surface area contributed by atoms with Gasteiger partial charge < -0.3 is 11.1 Å². The van der Waals surface area contributed by atoms with Gasteiger partial charge in [-0.25, -0.2) is 0 Å². The van der Waals surface area contributed by atoms with Gasteiger partial charge in [0.05, 0.1) is 5.69 Å². The summed E-state index contributed by atoms with van der Waals surface area (Å²) in [4.78, 5) is 18.8. The summed E-state index contributed by atoms with van der Waals surface area (Å²) in [6.45, 7) is 2.51. The van der Waals surface area contributed by atoms with E-state index in [0.29, 0.717) is 18.1 Å². The van der Waals surface area contributed by atoms with Crippen molar-refractivity contribution in [3.05, 3.63) is 76.1 Å². The smallest absolute Gasteiger partial charge is 0.282 e. The molecule has 0 atom stereocenters. The number of rotatable bonds is 5. The Labute approximate surface area is 144 Å². The third-order valence-electron chi connectivity index (χ3n) is 3.48. The molecule has 2 aromatic carbocycles. The number of nitrogen functional groups attached to an aromatic ring is 1. The van der Waals surface area contributed by atoms with Crippen molar-refractivity contribution in [1.82, 2.24) is 9.97 Å². The molecule has 0 fully saturated rings. The van der Waals surface area contributed by atoms with Crippen LogP contribution in [0, 0.1) is 6.92 Å². The molecule has 7 heteroatoms. The molecule has 0 amide bonds. The lowest BCUT2D eigenvalue weighted by Gasteiger charge is -2.08. The molecule has 0 aliphatic carbocycles. The van der Waals surface area contributed by atoms with Gasteiger partial charge in [-0.2, -0.15) is 10.1 Å². The second-order valence-electron chi connectivity index (χ2n) is 5.53. The lowest BCUT2D eigenvalue weighted by Crippen LogP contribution is -2.14. The minimum Gasteiger partial charge on any atom is -0.369 e. The fourth-order valence-electron chi connectivity index (χ4n) is 2.31. The molecule has 0 unspecified atom stereocenters. The molecule has 0 aliphatic rings. The number of hydrogen-bond acceptors (Lipinski definition) is 6. The van der Waals surface area contributed by atoms with Gasteiger partial charge in [0.15, 0.2) is 11.5 Å². The van der Waals surface area contributed by atoms with Crippen molar-refractivity contribution in [2.45, 2.75) is 13.5 Å². The number of anilines is 2. The number of nitrogens with zero attached hydrogens (tertiary/aromatic N) is 3. The summed E-state index contributed by atoms with van der Waals surface area (Å²) in [5.74, 6) is 0.317. The Morgan fingerprint density at radius 1 is 1.12 bits per heavy atom. The molecule has 0 aliphatic heterocycles. The first-order chi connectivity index (χ1) is 12.1. The van der Waals surface area contributed by atoms with Crippen molar-refractivity contribution in [1.29, 1.82) is 0 Å². The molecule has 25 heavy (non-hydrogen) atoms. The Hall–Kier alpha value is -3.48. The quantitative estimate of drug-likeness (QED) is 0.618. The Bertz CT molecular complexity index is 949. The number of hydrogen-bond donors (Lipinski definition) is 3. The zero-order chi connectivity index (χ0) is 17.6. The Morgan fingerprint density at radius 2 is 1.92 bits per heavy atom. The minimum atomic E-state index is -0.445. The monoisotopic (exact) mass is 334 g/mol. The predicted molar refractivity (Wildman–Crippen MR) is 98.4 cm³/mol. The first-order valence-electron chi connectivity index (χ1n) is 7.78. The van der Waals surface area contributed by atoms with Crippen molar-refractivity contribution in [2.24, 2.45) is 10.2 Å². The van der Waals surface area contributed by atoms with Gasteiger partial charge in [-0.05, 0) is 24.6 Å². The van der Waals surface area contributed by atoms with E-state index in [1.54, 1.807) is 12.1 Å².